The molecular weight excluding hydrogens is 361 g/mol. The first kappa shape index (κ1) is 20.0. The normalized spacial score (nSPS) is 21.4. The lowest BCUT2D eigenvalue weighted by Crippen LogP contribution is -3.11. The summed E-state index contributed by atoms with van der Waals surface area (Å²) in [5, 5.41) is 6.71. The second kappa shape index (κ2) is 9.41. The summed E-state index contributed by atoms with van der Waals surface area (Å²) in [6.07, 6.45) is 4.63. The first-order valence-electron chi connectivity index (χ1n) is 8.70. The minimum atomic E-state index is -0.172. The summed E-state index contributed by atoms with van der Waals surface area (Å²) in [7, 11) is 1.83. The number of hydrogen-bond acceptors (Lipinski definition) is 2. The lowest BCUT2D eigenvalue weighted by Gasteiger charge is -2.29. The Balaban J connectivity index is 1.76. The van der Waals surface area contributed by atoms with Crippen molar-refractivity contribution in [2.45, 2.75) is 38.6 Å². The monoisotopic (exact) mass is 386 g/mol. The number of anilines is 1. The fourth-order valence-corrected chi connectivity index (χ4v) is 3.48. The highest BCUT2D eigenvalue weighted by molar-refractivity contribution is 6.42. The van der Waals surface area contributed by atoms with Crippen LogP contribution in [0.1, 0.15) is 32.6 Å². The first-order valence-corrected chi connectivity index (χ1v) is 9.46. The highest BCUT2D eigenvalue weighted by Gasteiger charge is 2.24. The van der Waals surface area contributed by atoms with Crippen molar-refractivity contribution >= 4 is 40.7 Å². The highest BCUT2D eigenvalue weighted by atomic mass is 35.5. The van der Waals surface area contributed by atoms with Crippen LogP contribution in [-0.4, -0.2) is 38.0 Å². The molecule has 1 aliphatic carbocycles. The molecule has 1 aliphatic rings. The summed E-state index contributed by atoms with van der Waals surface area (Å²) in [6.45, 7) is 2.66. The van der Waals surface area contributed by atoms with E-state index in [-0.39, 0.29) is 30.9 Å². The van der Waals surface area contributed by atoms with Gasteiger partial charge in [-0.05, 0) is 37.0 Å². The second-order valence-electron chi connectivity index (χ2n) is 6.92. The Kier molecular flexibility index (Phi) is 7.54. The van der Waals surface area contributed by atoms with Gasteiger partial charge in [-0.2, -0.15) is 0 Å². The van der Waals surface area contributed by atoms with E-state index in [2.05, 4.69) is 17.6 Å². The Bertz CT molecular complexity index is 624. The summed E-state index contributed by atoms with van der Waals surface area (Å²) < 4.78 is 0. The molecule has 0 aromatic heterocycles. The van der Waals surface area contributed by atoms with Gasteiger partial charge >= 0.3 is 0 Å². The van der Waals surface area contributed by atoms with Gasteiger partial charge in [-0.15, -0.1) is 0 Å². The Morgan fingerprint density at radius 1 is 1.12 bits per heavy atom. The highest BCUT2D eigenvalue weighted by Crippen LogP contribution is 2.25. The number of nitrogens with one attached hydrogen (secondary N) is 3. The van der Waals surface area contributed by atoms with Crippen LogP contribution in [0.3, 0.4) is 0 Å². The number of likely N-dealkylation sites (N-methyl/N-ethyl adjacent to an activating group) is 1. The summed E-state index contributed by atoms with van der Waals surface area (Å²) in [5.41, 5.74) is 0.590. The van der Waals surface area contributed by atoms with Crippen LogP contribution in [0.2, 0.25) is 10.0 Å². The quantitative estimate of drug-likeness (QED) is 0.701. The molecule has 3 atom stereocenters. The van der Waals surface area contributed by atoms with Crippen molar-refractivity contribution in [1.82, 2.24) is 5.32 Å². The van der Waals surface area contributed by atoms with Gasteiger partial charge in [0.05, 0.1) is 17.1 Å². The molecule has 1 saturated carbocycles. The Morgan fingerprint density at radius 2 is 1.80 bits per heavy atom. The van der Waals surface area contributed by atoms with Crippen molar-refractivity contribution < 1.29 is 14.5 Å². The topological polar surface area (TPSA) is 62.6 Å². The zero-order valence-corrected chi connectivity index (χ0v) is 16.2. The van der Waals surface area contributed by atoms with E-state index < -0.39 is 0 Å². The molecule has 3 N–H and O–H groups in total. The molecule has 2 amide bonds. The van der Waals surface area contributed by atoms with E-state index in [9.17, 15) is 9.59 Å². The number of rotatable bonds is 6. The molecule has 0 aliphatic heterocycles. The summed E-state index contributed by atoms with van der Waals surface area (Å²) >= 11 is 11.8. The maximum atomic E-state index is 12.2. The molecule has 0 spiro atoms. The largest absolute Gasteiger partial charge is 0.348 e. The standard InChI is InChI=1S/C18H25Cl2N3O2/c1-12-5-3-4-6-16(12)22-18(25)11-23(2)10-17(24)21-13-7-8-14(19)15(20)9-13/h7-9,12,16H,3-6,10-11H2,1-2H3,(H,21,24)(H,22,25)/p+1/t12-,16+/m0/s1. The minimum Gasteiger partial charge on any atom is -0.348 e. The number of quaternary nitrogens is 1. The van der Waals surface area contributed by atoms with Crippen LogP contribution < -0.4 is 15.5 Å². The third-order valence-electron chi connectivity index (χ3n) is 4.59. The molecule has 0 radical (unpaired) electrons. The van der Waals surface area contributed by atoms with E-state index in [1.807, 2.05) is 7.05 Å². The lowest BCUT2D eigenvalue weighted by molar-refractivity contribution is -0.862. The van der Waals surface area contributed by atoms with E-state index in [1.165, 1.54) is 19.3 Å². The van der Waals surface area contributed by atoms with Gasteiger partial charge in [-0.1, -0.05) is 43.0 Å². The van der Waals surface area contributed by atoms with E-state index in [1.54, 1.807) is 18.2 Å². The smallest absolute Gasteiger partial charge is 0.279 e. The van der Waals surface area contributed by atoms with Crippen LogP contribution in [0, 0.1) is 5.92 Å². The van der Waals surface area contributed by atoms with Crippen LogP contribution in [0.15, 0.2) is 18.2 Å². The van der Waals surface area contributed by atoms with Crippen LogP contribution in [-0.2, 0) is 9.59 Å². The van der Waals surface area contributed by atoms with Crippen LogP contribution in [0.5, 0.6) is 0 Å². The lowest BCUT2D eigenvalue weighted by atomic mass is 9.86. The average Bonchev–Trinajstić information content (AvgIpc) is 2.52. The Hall–Kier alpha value is -1.30. The molecule has 1 unspecified atom stereocenters. The van der Waals surface area contributed by atoms with Gasteiger partial charge in [-0.3, -0.25) is 9.59 Å². The van der Waals surface area contributed by atoms with Crippen molar-refractivity contribution in [1.29, 1.82) is 0 Å². The molecule has 25 heavy (non-hydrogen) atoms. The molecule has 1 fully saturated rings. The number of hydrogen-bond donors (Lipinski definition) is 3. The zero-order chi connectivity index (χ0) is 18.4. The van der Waals surface area contributed by atoms with Gasteiger partial charge < -0.3 is 15.5 Å². The van der Waals surface area contributed by atoms with Gasteiger partial charge in [0.1, 0.15) is 0 Å². The van der Waals surface area contributed by atoms with E-state index in [4.69, 9.17) is 23.2 Å². The molecule has 2 rings (SSSR count). The predicted molar refractivity (Wildman–Crippen MR) is 101 cm³/mol. The molecule has 1 aromatic rings. The van der Waals surface area contributed by atoms with Gasteiger partial charge in [0, 0.05) is 11.7 Å². The predicted octanol–water partition coefficient (Wildman–Crippen LogP) is 2.14. The number of benzene rings is 1. The molecule has 0 saturated heterocycles. The van der Waals surface area contributed by atoms with Crippen molar-refractivity contribution in [3.8, 4) is 0 Å². The molecule has 0 heterocycles. The minimum absolute atomic E-state index is 0.00131. The molecular formula is C18H26Cl2N3O2+. The number of carbonyl (C=O) groups excluding carboxylic acids is 2. The van der Waals surface area contributed by atoms with Crippen molar-refractivity contribution in [3.05, 3.63) is 28.2 Å². The van der Waals surface area contributed by atoms with Gasteiger partial charge in [-0.25, -0.2) is 0 Å². The van der Waals surface area contributed by atoms with Gasteiger partial charge in [0.15, 0.2) is 13.1 Å². The maximum Gasteiger partial charge on any atom is 0.279 e. The van der Waals surface area contributed by atoms with Crippen LogP contribution in [0.25, 0.3) is 0 Å². The molecule has 1 aromatic carbocycles. The van der Waals surface area contributed by atoms with Crippen LogP contribution in [0.4, 0.5) is 5.69 Å². The van der Waals surface area contributed by atoms with Crippen molar-refractivity contribution in [2.75, 3.05) is 25.5 Å². The summed E-state index contributed by atoms with van der Waals surface area (Å²) in [6, 6.07) is 5.20. The molecule has 138 valence electrons. The van der Waals surface area contributed by atoms with E-state index in [0.29, 0.717) is 21.7 Å². The van der Waals surface area contributed by atoms with Crippen molar-refractivity contribution in [2.24, 2.45) is 5.92 Å². The third kappa shape index (κ3) is 6.49. The summed E-state index contributed by atoms with van der Waals surface area (Å²) in [4.78, 5) is 25.1. The summed E-state index contributed by atoms with van der Waals surface area (Å²) in [5.74, 6) is 0.351. The third-order valence-corrected chi connectivity index (χ3v) is 5.32. The first-order chi connectivity index (χ1) is 11.8. The molecule has 0 bridgehead atoms. The Labute approximate surface area is 159 Å². The fraction of sp³-hybridized carbons (Fsp3) is 0.556. The fourth-order valence-electron chi connectivity index (χ4n) is 3.18. The van der Waals surface area contributed by atoms with Crippen molar-refractivity contribution in [3.63, 3.8) is 0 Å². The van der Waals surface area contributed by atoms with Gasteiger partial charge in [0.25, 0.3) is 11.8 Å². The molecule has 5 nitrogen and oxygen atoms in total. The zero-order valence-electron chi connectivity index (χ0n) is 14.7. The number of halogens is 2. The van der Waals surface area contributed by atoms with E-state index in [0.717, 1.165) is 11.3 Å². The van der Waals surface area contributed by atoms with Crippen LogP contribution >= 0.6 is 23.2 Å². The average molecular weight is 387 g/mol. The number of amides is 2. The second-order valence-corrected chi connectivity index (χ2v) is 7.74. The Morgan fingerprint density at radius 3 is 2.48 bits per heavy atom. The maximum absolute atomic E-state index is 12.2. The molecule has 7 heteroatoms. The SMILES string of the molecule is C[C@H]1CCCC[C@H]1NC(=O)C[NH+](C)CC(=O)Nc1ccc(Cl)c(Cl)c1. The van der Waals surface area contributed by atoms with E-state index >= 15 is 0 Å². The van der Waals surface area contributed by atoms with Gasteiger partial charge in [0.2, 0.25) is 0 Å². The number of carbonyl (C=O) groups is 2.